The molecular weight excluding hydrogens is 383 g/mol. The van der Waals surface area contributed by atoms with Crippen molar-refractivity contribution in [3.63, 3.8) is 0 Å². The van der Waals surface area contributed by atoms with Gasteiger partial charge < -0.3 is 0 Å². The molecule has 0 fully saturated rings. The zero-order chi connectivity index (χ0) is 16.9. The molecule has 122 valence electrons. The number of aromatic nitrogens is 1. The van der Waals surface area contributed by atoms with Crippen LogP contribution in [-0.2, 0) is 11.2 Å². The third kappa shape index (κ3) is 4.68. The summed E-state index contributed by atoms with van der Waals surface area (Å²) in [6, 6.07) is 9.44. The number of amides is 1. The van der Waals surface area contributed by atoms with Crippen LogP contribution in [0.2, 0.25) is 10.0 Å². The molecule has 2 aromatic heterocycles. The Morgan fingerprint density at radius 3 is 2.88 bits per heavy atom. The summed E-state index contributed by atoms with van der Waals surface area (Å²) in [5, 5.41) is 6.38. The highest BCUT2D eigenvalue weighted by molar-refractivity contribution is 7.15. The van der Waals surface area contributed by atoms with Gasteiger partial charge in [-0.15, -0.1) is 22.7 Å². The fraction of sp³-hybridized carbons (Fsp3) is 0.0588. The zero-order valence-corrected chi connectivity index (χ0v) is 15.5. The van der Waals surface area contributed by atoms with Crippen molar-refractivity contribution in [3.8, 4) is 0 Å². The average Bonchev–Trinajstić information content (AvgIpc) is 3.21. The fourth-order valence-corrected chi connectivity index (χ4v) is 3.78. The number of nitrogens with one attached hydrogen (secondary N) is 1. The van der Waals surface area contributed by atoms with Gasteiger partial charge in [0.15, 0.2) is 5.13 Å². The first-order chi connectivity index (χ1) is 11.6. The van der Waals surface area contributed by atoms with E-state index in [0.29, 0.717) is 21.6 Å². The maximum absolute atomic E-state index is 11.9. The van der Waals surface area contributed by atoms with E-state index < -0.39 is 0 Å². The summed E-state index contributed by atoms with van der Waals surface area (Å²) < 4.78 is 0. The topological polar surface area (TPSA) is 42.0 Å². The molecule has 0 radical (unpaired) electrons. The highest BCUT2D eigenvalue weighted by atomic mass is 35.5. The molecule has 3 aromatic rings. The molecule has 1 amide bonds. The Hall–Kier alpha value is -1.66. The Morgan fingerprint density at radius 2 is 2.12 bits per heavy atom. The molecule has 1 N–H and O–H groups in total. The molecule has 7 heteroatoms. The quantitative estimate of drug-likeness (QED) is 0.559. The van der Waals surface area contributed by atoms with Gasteiger partial charge in [0.25, 0.3) is 0 Å². The molecule has 0 spiro atoms. The first-order valence-corrected chi connectivity index (χ1v) is 9.46. The Balaban J connectivity index is 1.60. The van der Waals surface area contributed by atoms with Gasteiger partial charge in [0.2, 0.25) is 5.91 Å². The summed E-state index contributed by atoms with van der Waals surface area (Å²) in [5.41, 5.74) is 1.04. The molecule has 0 aliphatic carbocycles. The molecule has 0 aliphatic rings. The lowest BCUT2D eigenvalue weighted by Crippen LogP contribution is -2.06. The van der Waals surface area contributed by atoms with Crippen molar-refractivity contribution < 1.29 is 4.79 Å². The second-order valence-corrected chi connectivity index (χ2v) is 7.80. The van der Waals surface area contributed by atoms with Crippen molar-refractivity contribution in [1.29, 1.82) is 0 Å². The second-order valence-electron chi connectivity index (χ2n) is 4.89. The molecule has 3 nitrogen and oxygen atoms in total. The van der Waals surface area contributed by atoms with Gasteiger partial charge >= 0.3 is 0 Å². The van der Waals surface area contributed by atoms with Gasteiger partial charge in [-0.2, -0.15) is 0 Å². The summed E-state index contributed by atoms with van der Waals surface area (Å²) in [6.07, 6.45) is 5.73. The lowest BCUT2D eigenvalue weighted by Gasteiger charge is -2.01. The van der Waals surface area contributed by atoms with E-state index >= 15 is 0 Å². The largest absolute Gasteiger partial charge is 0.298 e. The van der Waals surface area contributed by atoms with Gasteiger partial charge in [-0.05, 0) is 35.2 Å². The minimum atomic E-state index is -0.196. The van der Waals surface area contributed by atoms with Crippen molar-refractivity contribution in [2.24, 2.45) is 0 Å². The first-order valence-electron chi connectivity index (χ1n) is 7.01. The van der Waals surface area contributed by atoms with Crippen LogP contribution in [0.15, 0.2) is 48.0 Å². The lowest BCUT2D eigenvalue weighted by molar-refractivity contribution is -0.111. The number of hydrogen-bond acceptors (Lipinski definition) is 4. The molecule has 3 rings (SSSR count). The van der Waals surface area contributed by atoms with E-state index in [1.807, 2.05) is 29.6 Å². The van der Waals surface area contributed by atoms with Crippen LogP contribution in [0.1, 0.15) is 15.3 Å². The maximum atomic E-state index is 11.9. The Labute approximate surface area is 157 Å². The van der Waals surface area contributed by atoms with Crippen molar-refractivity contribution in [3.05, 3.63) is 73.3 Å². The fourth-order valence-electron chi connectivity index (χ4n) is 1.99. The Kier molecular flexibility index (Phi) is 5.68. The van der Waals surface area contributed by atoms with E-state index in [4.69, 9.17) is 23.2 Å². The van der Waals surface area contributed by atoms with Gasteiger partial charge in [-0.3, -0.25) is 10.1 Å². The summed E-state index contributed by atoms with van der Waals surface area (Å²) in [4.78, 5) is 18.2. The molecule has 1 aromatic carbocycles. The van der Waals surface area contributed by atoms with E-state index in [0.717, 1.165) is 15.3 Å². The van der Waals surface area contributed by atoms with Crippen molar-refractivity contribution in [1.82, 2.24) is 4.98 Å². The minimum absolute atomic E-state index is 0.196. The molecule has 0 unspecified atom stereocenters. The van der Waals surface area contributed by atoms with Crippen molar-refractivity contribution >= 4 is 63.0 Å². The Bertz CT molecular complexity index is 873. The monoisotopic (exact) mass is 394 g/mol. The van der Waals surface area contributed by atoms with Gasteiger partial charge in [0.1, 0.15) is 0 Å². The number of rotatable bonds is 5. The van der Waals surface area contributed by atoms with Crippen LogP contribution < -0.4 is 5.32 Å². The van der Waals surface area contributed by atoms with Crippen LogP contribution >= 0.6 is 45.9 Å². The number of thiazole rings is 1. The number of benzene rings is 1. The van der Waals surface area contributed by atoms with Gasteiger partial charge in [0.05, 0.1) is 10.0 Å². The highest BCUT2D eigenvalue weighted by Gasteiger charge is 2.07. The summed E-state index contributed by atoms with van der Waals surface area (Å²) in [6.45, 7) is 0. The molecule has 2 heterocycles. The van der Waals surface area contributed by atoms with Gasteiger partial charge in [-0.25, -0.2) is 4.98 Å². The molecule has 0 aliphatic heterocycles. The van der Waals surface area contributed by atoms with Crippen LogP contribution in [0.4, 0.5) is 5.13 Å². The number of anilines is 1. The SMILES string of the molecule is O=C(C=Cc1cccs1)Nc1ncc(Cc2ccc(Cl)c(Cl)c2)s1. The van der Waals surface area contributed by atoms with Crippen LogP contribution in [-0.4, -0.2) is 10.9 Å². The summed E-state index contributed by atoms with van der Waals surface area (Å²) in [7, 11) is 0. The van der Waals surface area contributed by atoms with E-state index in [-0.39, 0.29) is 5.91 Å². The van der Waals surface area contributed by atoms with Gasteiger partial charge in [-0.1, -0.05) is 35.3 Å². The molecule has 0 atom stereocenters. The van der Waals surface area contributed by atoms with E-state index in [1.165, 1.54) is 17.4 Å². The maximum Gasteiger partial charge on any atom is 0.250 e. The second kappa shape index (κ2) is 7.94. The zero-order valence-electron chi connectivity index (χ0n) is 12.3. The molecule has 0 bridgehead atoms. The number of thiophene rings is 1. The van der Waals surface area contributed by atoms with E-state index in [1.54, 1.807) is 29.7 Å². The Morgan fingerprint density at radius 1 is 1.25 bits per heavy atom. The highest BCUT2D eigenvalue weighted by Crippen LogP contribution is 2.26. The third-order valence-corrected chi connectivity index (χ3v) is 5.58. The third-order valence-electron chi connectivity index (χ3n) is 3.09. The van der Waals surface area contributed by atoms with Crippen molar-refractivity contribution in [2.75, 3.05) is 5.32 Å². The van der Waals surface area contributed by atoms with Crippen LogP contribution in [0.5, 0.6) is 0 Å². The molecule has 0 saturated heterocycles. The summed E-state index contributed by atoms with van der Waals surface area (Å²) in [5.74, 6) is -0.196. The number of carbonyl (C=O) groups is 1. The number of halogens is 2. The number of nitrogens with zero attached hydrogens (tertiary/aromatic N) is 1. The summed E-state index contributed by atoms with van der Waals surface area (Å²) >= 11 is 15.0. The lowest BCUT2D eigenvalue weighted by atomic mass is 10.1. The predicted molar refractivity (Wildman–Crippen MR) is 103 cm³/mol. The molecule has 24 heavy (non-hydrogen) atoms. The van der Waals surface area contributed by atoms with E-state index in [2.05, 4.69) is 10.3 Å². The number of carbonyl (C=O) groups excluding carboxylic acids is 1. The normalized spacial score (nSPS) is 11.1. The van der Waals surface area contributed by atoms with Gasteiger partial charge in [0, 0.05) is 28.4 Å². The standard InChI is InChI=1S/C17H12Cl2N2OS2/c18-14-5-3-11(9-15(14)19)8-13-10-20-17(24-13)21-16(22)6-4-12-2-1-7-23-12/h1-7,9-10H,8H2,(H,20,21,22). The van der Waals surface area contributed by atoms with Crippen LogP contribution in [0, 0.1) is 0 Å². The molecular formula is C17H12Cl2N2OS2. The average molecular weight is 395 g/mol. The van der Waals surface area contributed by atoms with Crippen LogP contribution in [0.25, 0.3) is 6.08 Å². The van der Waals surface area contributed by atoms with Crippen LogP contribution in [0.3, 0.4) is 0 Å². The number of hydrogen-bond donors (Lipinski definition) is 1. The molecule has 0 saturated carbocycles. The van der Waals surface area contributed by atoms with Crippen molar-refractivity contribution in [2.45, 2.75) is 6.42 Å². The predicted octanol–water partition coefficient (Wildman–Crippen LogP) is 5.75. The first kappa shape index (κ1) is 17.2. The minimum Gasteiger partial charge on any atom is -0.298 e. The smallest absolute Gasteiger partial charge is 0.250 e. The van der Waals surface area contributed by atoms with E-state index in [9.17, 15) is 4.79 Å².